The molecule has 2 N–H and O–H groups in total. The average Bonchev–Trinajstić information content (AvgIpc) is 2.39. The van der Waals surface area contributed by atoms with Crippen LogP contribution in [0.2, 0.25) is 0 Å². The van der Waals surface area contributed by atoms with E-state index >= 15 is 0 Å². The third-order valence-corrected chi connectivity index (χ3v) is 3.27. The fraction of sp³-hybridized carbons (Fsp3) is 0.500. The van der Waals surface area contributed by atoms with Crippen LogP contribution in [-0.2, 0) is 11.2 Å². The van der Waals surface area contributed by atoms with Gasteiger partial charge in [-0.3, -0.25) is 4.79 Å². The van der Waals surface area contributed by atoms with Crippen LogP contribution >= 0.6 is 0 Å². The number of hydrogen-bond acceptors (Lipinski definition) is 3. The summed E-state index contributed by atoms with van der Waals surface area (Å²) in [6.07, 6.45) is 1.36. The van der Waals surface area contributed by atoms with Gasteiger partial charge in [0.2, 0.25) is 0 Å². The summed E-state index contributed by atoms with van der Waals surface area (Å²) in [5.74, 6) is 0.0235. The Morgan fingerprint density at radius 1 is 1.39 bits per heavy atom. The van der Waals surface area contributed by atoms with Crippen LogP contribution in [0.4, 0.5) is 0 Å². The van der Waals surface area contributed by atoms with Crippen LogP contribution in [0.15, 0.2) is 24.3 Å². The Balaban J connectivity index is 2.47. The smallest absolute Gasteiger partial charge is 0.323 e. The molecule has 1 aromatic rings. The maximum atomic E-state index is 11.1. The van der Waals surface area contributed by atoms with E-state index in [2.05, 4.69) is 5.32 Å². The van der Waals surface area contributed by atoms with Gasteiger partial charge in [-0.05, 0) is 37.5 Å². The summed E-state index contributed by atoms with van der Waals surface area (Å²) in [5, 5.41) is 12.2. The number of methoxy groups -OCH3 is 1. The highest BCUT2D eigenvalue weighted by atomic mass is 16.5. The molecule has 0 bridgehead atoms. The van der Waals surface area contributed by atoms with Crippen LogP contribution in [0.5, 0.6) is 5.75 Å². The van der Waals surface area contributed by atoms with Gasteiger partial charge < -0.3 is 15.2 Å². The second kappa shape index (κ2) is 6.40. The number of benzene rings is 1. The van der Waals surface area contributed by atoms with Gasteiger partial charge in [0.25, 0.3) is 0 Å². The number of ether oxygens (including phenoxy) is 1. The van der Waals surface area contributed by atoms with Crippen LogP contribution in [0.1, 0.15) is 25.8 Å². The molecule has 0 fully saturated rings. The molecule has 18 heavy (non-hydrogen) atoms. The van der Waals surface area contributed by atoms with Crippen LogP contribution < -0.4 is 10.1 Å². The van der Waals surface area contributed by atoms with Crippen LogP contribution in [-0.4, -0.2) is 30.3 Å². The number of rotatable bonds is 7. The maximum absolute atomic E-state index is 11.1. The van der Waals surface area contributed by atoms with Gasteiger partial charge in [-0.2, -0.15) is 0 Å². The number of carboxylic acids is 1. The Morgan fingerprint density at radius 2 is 2.00 bits per heavy atom. The van der Waals surface area contributed by atoms with E-state index in [1.54, 1.807) is 14.0 Å². The van der Waals surface area contributed by atoms with Crippen molar-refractivity contribution in [3.63, 3.8) is 0 Å². The highest BCUT2D eigenvalue weighted by Crippen LogP contribution is 2.12. The molecule has 0 aliphatic rings. The minimum absolute atomic E-state index is 0.560. The largest absolute Gasteiger partial charge is 0.497 e. The summed E-state index contributed by atoms with van der Waals surface area (Å²) in [6.45, 7) is 4.22. The zero-order chi connectivity index (χ0) is 13.6. The minimum atomic E-state index is -0.841. The molecule has 0 spiro atoms. The average molecular weight is 251 g/mol. The zero-order valence-corrected chi connectivity index (χ0v) is 11.2. The molecule has 0 aromatic heterocycles. The van der Waals surface area contributed by atoms with E-state index in [1.165, 1.54) is 0 Å². The first-order chi connectivity index (χ1) is 8.51. The quantitative estimate of drug-likeness (QED) is 0.779. The molecule has 0 saturated carbocycles. The van der Waals surface area contributed by atoms with E-state index in [9.17, 15) is 4.79 Å². The third-order valence-electron chi connectivity index (χ3n) is 3.27. The van der Waals surface area contributed by atoms with Crippen molar-refractivity contribution >= 4 is 5.97 Å². The van der Waals surface area contributed by atoms with E-state index in [1.807, 2.05) is 31.2 Å². The molecule has 100 valence electrons. The van der Waals surface area contributed by atoms with Crippen molar-refractivity contribution in [1.82, 2.24) is 5.32 Å². The fourth-order valence-electron chi connectivity index (χ4n) is 1.63. The molecule has 4 nitrogen and oxygen atoms in total. The minimum Gasteiger partial charge on any atom is -0.497 e. The van der Waals surface area contributed by atoms with Crippen molar-refractivity contribution in [3.05, 3.63) is 29.8 Å². The van der Waals surface area contributed by atoms with Crippen LogP contribution in [0.25, 0.3) is 0 Å². The summed E-state index contributed by atoms with van der Waals surface area (Å²) in [4.78, 5) is 11.1. The normalized spacial score (nSPS) is 13.9. The van der Waals surface area contributed by atoms with Gasteiger partial charge in [0, 0.05) is 6.54 Å². The maximum Gasteiger partial charge on any atom is 0.323 e. The first-order valence-corrected chi connectivity index (χ1v) is 6.13. The van der Waals surface area contributed by atoms with Gasteiger partial charge in [0.05, 0.1) is 7.11 Å². The Morgan fingerprint density at radius 3 is 2.44 bits per heavy atom. The number of nitrogens with one attached hydrogen (secondary N) is 1. The zero-order valence-electron chi connectivity index (χ0n) is 11.2. The van der Waals surface area contributed by atoms with Gasteiger partial charge >= 0.3 is 5.97 Å². The van der Waals surface area contributed by atoms with Crippen molar-refractivity contribution in [2.45, 2.75) is 32.2 Å². The van der Waals surface area contributed by atoms with Crippen molar-refractivity contribution in [2.24, 2.45) is 0 Å². The highest BCUT2D eigenvalue weighted by Gasteiger charge is 2.29. The molecule has 1 aromatic carbocycles. The predicted molar refractivity (Wildman–Crippen MR) is 71.0 cm³/mol. The molecule has 1 unspecified atom stereocenters. The lowest BCUT2D eigenvalue weighted by Crippen LogP contribution is -2.49. The van der Waals surface area contributed by atoms with E-state index in [4.69, 9.17) is 9.84 Å². The highest BCUT2D eigenvalue weighted by molar-refractivity contribution is 5.78. The van der Waals surface area contributed by atoms with E-state index in [0.29, 0.717) is 13.0 Å². The first kappa shape index (κ1) is 14.5. The first-order valence-electron chi connectivity index (χ1n) is 6.13. The molecule has 0 saturated heterocycles. The molecule has 0 radical (unpaired) electrons. The van der Waals surface area contributed by atoms with Crippen molar-refractivity contribution in [1.29, 1.82) is 0 Å². The van der Waals surface area contributed by atoms with Gasteiger partial charge in [-0.25, -0.2) is 0 Å². The Hall–Kier alpha value is -1.55. The standard InChI is InChI=1S/C14H21NO3/c1-4-14(2,13(16)17)15-10-9-11-5-7-12(18-3)8-6-11/h5-8,15H,4,9-10H2,1-3H3,(H,16,17). The van der Waals surface area contributed by atoms with Gasteiger partial charge in [-0.1, -0.05) is 19.1 Å². The lowest BCUT2D eigenvalue weighted by Gasteiger charge is -2.24. The summed E-state index contributed by atoms with van der Waals surface area (Å²) in [6, 6.07) is 7.80. The Bertz CT molecular complexity index is 389. The van der Waals surface area contributed by atoms with Gasteiger partial charge in [-0.15, -0.1) is 0 Å². The molecule has 1 rings (SSSR count). The molecule has 0 heterocycles. The van der Waals surface area contributed by atoms with Gasteiger partial charge in [0.1, 0.15) is 11.3 Å². The molecular formula is C14H21NO3. The molecular weight excluding hydrogens is 230 g/mol. The monoisotopic (exact) mass is 251 g/mol. The van der Waals surface area contributed by atoms with E-state index in [0.717, 1.165) is 17.7 Å². The molecule has 0 amide bonds. The lowest BCUT2D eigenvalue weighted by molar-refractivity contribution is -0.144. The lowest BCUT2D eigenvalue weighted by atomic mass is 9.99. The van der Waals surface area contributed by atoms with Crippen LogP contribution in [0, 0.1) is 0 Å². The number of carbonyl (C=O) groups is 1. The van der Waals surface area contributed by atoms with Crippen molar-refractivity contribution < 1.29 is 14.6 Å². The molecule has 1 atom stereocenters. The Labute approximate surface area is 108 Å². The van der Waals surface area contributed by atoms with E-state index < -0.39 is 11.5 Å². The fourth-order valence-corrected chi connectivity index (χ4v) is 1.63. The number of aliphatic carboxylic acids is 1. The topological polar surface area (TPSA) is 58.6 Å². The summed E-state index contributed by atoms with van der Waals surface area (Å²) in [7, 11) is 1.64. The van der Waals surface area contributed by atoms with E-state index in [-0.39, 0.29) is 0 Å². The number of carboxylic acid groups (broad SMARTS) is 1. The summed E-state index contributed by atoms with van der Waals surface area (Å²) >= 11 is 0. The second-order valence-electron chi connectivity index (χ2n) is 4.52. The molecule has 0 aliphatic carbocycles. The number of hydrogen-bond donors (Lipinski definition) is 2. The SMILES string of the molecule is CCC(C)(NCCc1ccc(OC)cc1)C(=O)O. The second-order valence-corrected chi connectivity index (χ2v) is 4.52. The molecule has 0 aliphatic heterocycles. The third kappa shape index (κ3) is 3.74. The summed E-state index contributed by atoms with van der Waals surface area (Å²) in [5.41, 5.74) is 0.319. The van der Waals surface area contributed by atoms with Crippen LogP contribution in [0.3, 0.4) is 0 Å². The van der Waals surface area contributed by atoms with Crippen molar-refractivity contribution in [2.75, 3.05) is 13.7 Å². The predicted octanol–water partition coefficient (Wildman–Crippen LogP) is 2.08. The van der Waals surface area contributed by atoms with Crippen molar-refractivity contribution in [3.8, 4) is 5.75 Å². The molecule has 4 heteroatoms. The van der Waals surface area contributed by atoms with Gasteiger partial charge in [0.15, 0.2) is 0 Å². The Kier molecular flexibility index (Phi) is 5.16. The summed E-state index contributed by atoms with van der Waals surface area (Å²) < 4.78 is 5.08.